The fourth-order valence-corrected chi connectivity index (χ4v) is 4.08. The van der Waals surface area contributed by atoms with E-state index in [-0.39, 0.29) is 0 Å². The van der Waals surface area contributed by atoms with E-state index in [0.29, 0.717) is 6.04 Å². The molecule has 0 amide bonds. The van der Waals surface area contributed by atoms with Gasteiger partial charge >= 0.3 is 0 Å². The van der Waals surface area contributed by atoms with Gasteiger partial charge in [0.15, 0.2) is 0 Å². The molecule has 0 bridgehead atoms. The Kier molecular flexibility index (Phi) is 3.97. The van der Waals surface area contributed by atoms with E-state index in [0.717, 1.165) is 25.6 Å². The number of piperazine rings is 1. The van der Waals surface area contributed by atoms with Crippen LogP contribution in [0.15, 0.2) is 5.38 Å². The molecule has 0 radical (unpaired) electrons. The van der Waals surface area contributed by atoms with Crippen LogP contribution >= 0.6 is 11.3 Å². The molecule has 1 saturated heterocycles. The van der Waals surface area contributed by atoms with Crippen molar-refractivity contribution < 1.29 is 0 Å². The van der Waals surface area contributed by atoms with Gasteiger partial charge in [0.1, 0.15) is 5.01 Å². The van der Waals surface area contributed by atoms with E-state index < -0.39 is 0 Å². The molecule has 2 heterocycles. The van der Waals surface area contributed by atoms with Gasteiger partial charge in [0.05, 0.1) is 11.7 Å². The minimum Gasteiger partial charge on any atom is -0.306 e. The van der Waals surface area contributed by atoms with E-state index in [1.165, 1.54) is 42.8 Å². The zero-order valence-electron chi connectivity index (χ0n) is 11.2. The Bertz CT molecular complexity index is 384. The first-order chi connectivity index (χ1) is 8.83. The van der Waals surface area contributed by atoms with Gasteiger partial charge in [-0.25, -0.2) is 4.98 Å². The summed E-state index contributed by atoms with van der Waals surface area (Å²) in [6, 6.07) is 0.450. The van der Waals surface area contributed by atoms with Gasteiger partial charge in [-0.3, -0.25) is 0 Å². The first-order valence-electron chi connectivity index (χ1n) is 7.20. The zero-order valence-corrected chi connectivity index (χ0v) is 12.0. The van der Waals surface area contributed by atoms with Crippen LogP contribution in [0.25, 0.3) is 0 Å². The fourth-order valence-electron chi connectivity index (χ4n) is 3.11. The quantitative estimate of drug-likeness (QED) is 0.891. The van der Waals surface area contributed by atoms with Crippen molar-refractivity contribution in [2.45, 2.75) is 44.1 Å². The van der Waals surface area contributed by atoms with Crippen molar-refractivity contribution in [2.75, 3.05) is 26.7 Å². The van der Waals surface area contributed by atoms with Gasteiger partial charge in [0.2, 0.25) is 0 Å². The fraction of sp³-hybridized carbons (Fsp3) is 0.786. The van der Waals surface area contributed by atoms with Gasteiger partial charge in [0.25, 0.3) is 0 Å². The Balaban J connectivity index is 1.68. The SMILES string of the molecule is CN1CCNC(c2nc(C3CCCCC3)cs2)C1. The number of rotatable bonds is 2. The molecule has 100 valence electrons. The highest BCUT2D eigenvalue weighted by Gasteiger charge is 2.23. The van der Waals surface area contributed by atoms with Crippen LogP contribution in [0.5, 0.6) is 0 Å². The molecule has 1 aliphatic heterocycles. The van der Waals surface area contributed by atoms with Gasteiger partial charge in [-0.05, 0) is 19.9 Å². The van der Waals surface area contributed by atoms with E-state index in [1.807, 2.05) is 11.3 Å². The first-order valence-corrected chi connectivity index (χ1v) is 8.08. The predicted molar refractivity (Wildman–Crippen MR) is 76.2 cm³/mol. The lowest BCUT2D eigenvalue weighted by Gasteiger charge is -2.29. The van der Waals surface area contributed by atoms with Crippen molar-refractivity contribution in [3.63, 3.8) is 0 Å². The number of hydrogen-bond acceptors (Lipinski definition) is 4. The topological polar surface area (TPSA) is 28.2 Å². The maximum atomic E-state index is 4.92. The lowest BCUT2D eigenvalue weighted by atomic mass is 9.87. The molecule has 1 saturated carbocycles. The number of likely N-dealkylation sites (N-methyl/N-ethyl adjacent to an activating group) is 1. The van der Waals surface area contributed by atoms with Crippen LogP contribution in [-0.2, 0) is 0 Å². The number of hydrogen-bond donors (Lipinski definition) is 1. The van der Waals surface area contributed by atoms with Crippen molar-refractivity contribution in [1.82, 2.24) is 15.2 Å². The number of aromatic nitrogens is 1. The summed E-state index contributed by atoms with van der Waals surface area (Å²) < 4.78 is 0. The molecule has 3 rings (SSSR count). The summed E-state index contributed by atoms with van der Waals surface area (Å²) in [5, 5.41) is 7.19. The average Bonchev–Trinajstić information content (AvgIpc) is 2.89. The van der Waals surface area contributed by atoms with Crippen LogP contribution in [0, 0.1) is 0 Å². The molecule has 0 aromatic carbocycles. The molecule has 4 heteroatoms. The third-order valence-electron chi connectivity index (χ3n) is 4.24. The van der Waals surface area contributed by atoms with E-state index in [9.17, 15) is 0 Å². The zero-order chi connectivity index (χ0) is 12.4. The molecule has 1 atom stereocenters. The highest BCUT2D eigenvalue weighted by molar-refractivity contribution is 7.09. The lowest BCUT2D eigenvalue weighted by molar-refractivity contribution is 0.240. The molecule has 3 nitrogen and oxygen atoms in total. The normalized spacial score (nSPS) is 27.5. The van der Waals surface area contributed by atoms with Crippen LogP contribution in [0.4, 0.5) is 0 Å². The average molecular weight is 265 g/mol. The minimum absolute atomic E-state index is 0.450. The summed E-state index contributed by atoms with van der Waals surface area (Å²) in [5.74, 6) is 0.741. The van der Waals surface area contributed by atoms with Crippen molar-refractivity contribution in [2.24, 2.45) is 0 Å². The van der Waals surface area contributed by atoms with Crippen LogP contribution in [0.1, 0.15) is 54.8 Å². The standard InChI is InChI=1S/C14H23N3S/c1-17-8-7-15-12(9-17)14-16-13(10-18-14)11-5-3-2-4-6-11/h10-12,15H,2-9H2,1H3. The molecule has 18 heavy (non-hydrogen) atoms. The predicted octanol–water partition coefficient (Wildman–Crippen LogP) is 2.77. The van der Waals surface area contributed by atoms with Crippen LogP contribution < -0.4 is 5.32 Å². The van der Waals surface area contributed by atoms with E-state index >= 15 is 0 Å². The molecular formula is C14H23N3S. The van der Waals surface area contributed by atoms with Gasteiger partial charge in [-0.1, -0.05) is 19.3 Å². The Morgan fingerprint density at radius 3 is 2.94 bits per heavy atom. The molecule has 1 N–H and O–H groups in total. The van der Waals surface area contributed by atoms with Crippen LogP contribution in [0.2, 0.25) is 0 Å². The number of nitrogens with one attached hydrogen (secondary N) is 1. The smallest absolute Gasteiger partial charge is 0.111 e. The van der Waals surface area contributed by atoms with Crippen molar-refractivity contribution >= 4 is 11.3 Å². The Labute approximate surface area is 114 Å². The van der Waals surface area contributed by atoms with Gasteiger partial charge in [-0.15, -0.1) is 11.3 Å². The van der Waals surface area contributed by atoms with E-state index in [4.69, 9.17) is 4.98 Å². The Morgan fingerprint density at radius 2 is 2.17 bits per heavy atom. The highest BCUT2D eigenvalue weighted by Crippen LogP contribution is 2.34. The number of nitrogens with zero attached hydrogens (tertiary/aromatic N) is 2. The molecular weight excluding hydrogens is 242 g/mol. The highest BCUT2D eigenvalue weighted by atomic mass is 32.1. The second-order valence-electron chi connectivity index (χ2n) is 5.71. The largest absolute Gasteiger partial charge is 0.306 e. The van der Waals surface area contributed by atoms with Crippen molar-refractivity contribution in [3.8, 4) is 0 Å². The Morgan fingerprint density at radius 1 is 1.33 bits per heavy atom. The molecule has 0 spiro atoms. The van der Waals surface area contributed by atoms with Gasteiger partial charge in [-0.2, -0.15) is 0 Å². The summed E-state index contributed by atoms with van der Waals surface area (Å²) >= 11 is 1.85. The summed E-state index contributed by atoms with van der Waals surface area (Å²) in [7, 11) is 2.20. The van der Waals surface area contributed by atoms with Crippen LogP contribution in [-0.4, -0.2) is 36.6 Å². The second kappa shape index (κ2) is 5.68. The Hall–Kier alpha value is -0.450. The molecule has 2 aliphatic rings. The summed E-state index contributed by atoms with van der Waals surface area (Å²) in [5.41, 5.74) is 1.37. The van der Waals surface area contributed by atoms with Crippen molar-refractivity contribution in [3.05, 3.63) is 16.1 Å². The monoisotopic (exact) mass is 265 g/mol. The van der Waals surface area contributed by atoms with Crippen LogP contribution in [0.3, 0.4) is 0 Å². The molecule has 1 aromatic heterocycles. The third kappa shape index (κ3) is 2.76. The van der Waals surface area contributed by atoms with E-state index in [2.05, 4.69) is 22.6 Å². The maximum absolute atomic E-state index is 4.92. The number of thiazole rings is 1. The second-order valence-corrected chi connectivity index (χ2v) is 6.60. The summed E-state index contributed by atoms with van der Waals surface area (Å²) in [4.78, 5) is 7.31. The van der Waals surface area contributed by atoms with Gasteiger partial charge < -0.3 is 10.2 Å². The molecule has 1 aliphatic carbocycles. The van der Waals surface area contributed by atoms with Crippen molar-refractivity contribution in [1.29, 1.82) is 0 Å². The maximum Gasteiger partial charge on any atom is 0.111 e. The molecule has 1 unspecified atom stereocenters. The molecule has 1 aromatic rings. The summed E-state index contributed by atoms with van der Waals surface area (Å²) in [6.45, 7) is 3.33. The minimum atomic E-state index is 0.450. The van der Waals surface area contributed by atoms with Gasteiger partial charge in [0, 0.05) is 30.9 Å². The molecule has 2 fully saturated rings. The van der Waals surface area contributed by atoms with E-state index in [1.54, 1.807) is 0 Å². The first kappa shape index (κ1) is 12.6. The summed E-state index contributed by atoms with van der Waals surface area (Å²) in [6.07, 6.45) is 6.90. The third-order valence-corrected chi connectivity index (χ3v) is 5.22. The lowest BCUT2D eigenvalue weighted by Crippen LogP contribution is -2.43.